The molecule has 0 aromatic heterocycles. The van der Waals surface area contributed by atoms with E-state index in [0.29, 0.717) is 11.7 Å². The van der Waals surface area contributed by atoms with Crippen LogP contribution in [0.2, 0.25) is 0 Å². The van der Waals surface area contributed by atoms with Crippen LogP contribution in [0.5, 0.6) is 0 Å². The summed E-state index contributed by atoms with van der Waals surface area (Å²) in [5.74, 6) is 0. The van der Waals surface area contributed by atoms with Crippen LogP contribution in [0.25, 0.3) is 0 Å². The van der Waals surface area contributed by atoms with Crippen LogP contribution < -0.4 is 0 Å². The van der Waals surface area contributed by atoms with E-state index in [0.717, 1.165) is 6.42 Å². The Bertz CT molecular complexity index is 54.0. The molecule has 7 heavy (non-hydrogen) atoms. The lowest BCUT2D eigenvalue weighted by Crippen LogP contribution is -1.97. The highest BCUT2D eigenvalue weighted by Gasteiger charge is 2.10. The molecule has 0 aromatic carbocycles. The van der Waals surface area contributed by atoms with Crippen LogP contribution >= 0.6 is 0 Å². The summed E-state index contributed by atoms with van der Waals surface area (Å²) in [5.41, 5.74) is 0. The molecule has 0 aliphatic heterocycles. The largest absolute Gasteiger partial charge is 0.462 e. The molecule has 0 aliphatic rings. The van der Waals surface area contributed by atoms with Gasteiger partial charge in [0.25, 0.3) is 0 Å². The highest BCUT2D eigenvalue weighted by molar-refractivity contribution is 7.66. The second-order valence-electron chi connectivity index (χ2n) is 1.45. The van der Waals surface area contributed by atoms with E-state index in [9.17, 15) is 4.21 Å². The van der Waals surface area contributed by atoms with Gasteiger partial charge in [-0.1, -0.05) is 6.92 Å². The maximum absolute atomic E-state index is 9.91. The summed E-state index contributed by atoms with van der Waals surface area (Å²) in [4.78, 5) is 0. The molecule has 0 saturated heterocycles. The van der Waals surface area contributed by atoms with Crippen molar-refractivity contribution < 1.29 is 4.21 Å². The lowest BCUT2D eigenvalue weighted by atomic mass is 10.3. The van der Waals surface area contributed by atoms with E-state index in [2.05, 4.69) is 0 Å². The van der Waals surface area contributed by atoms with Gasteiger partial charge in [0.1, 0.15) is 0 Å². The molecule has 0 bridgehead atoms. The molecule has 1 radical (unpaired) electrons. The summed E-state index contributed by atoms with van der Waals surface area (Å²) in [6.45, 7) is 3.94. The first-order valence-corrected chi connectivity index (χ1v) is 3.23. The highest BCUT2D eigenvalue weighted by Crippen LogP contribution is 1.93. The van der Waals surface area contributed by atoms with Gasteiger partial charge in [0, 0.05) is 10.6 Å². The lowest BCUT2D eigenvalue weighted by molar-refractivity contribution is 0.601. The fraction of sp³-hybridized carbons (Fsp3) is 0.800. The smallest absolute Gasteiger partial charge is 0.0649 e. The molecule has 0 aliphatic carbocycles. The molecular weight excluding hydrogens is 108 g/mol. The van der Waals surface area contributed by atoms with Crippen LogP contribution in [0.15, 0.2) is 0 Å². The van der Waals surface area contributed by atoms with Crippen molar-refractivity contribution in [3.63, 3.8) is 0 Å². The van der Waals surface area contributed by atoms with Crippen molar-refractivity contribution >= 4 is 11.7 Å². The predicted octanol–water partition coefficient (Wildman–Crippen LogP) is 1.42. The van der Waals surface area contributed by atoms with Crippen molar-refractivity contribution in [2.75, 3.05) is 0 Å². The Kier molecular flexibility index (Phi) is 4.20. The van der Waals surface area contributed by atoms with Gasteiger partial charge in [0.2, 0.25) is 5.25 Å². The summed E-state index contributed by atoms with van der Waals surface area (Å²) < 4.78 is 9.91. The Morgan fingerprint density at radius 2 is 2.43 bits per heavy atom. The Labute approximate surface area is 48.6 Å². The summed E-state index contributed by atoms with van der Waals surface area (Å²) in [7, 11) is 0. The fourth-order valence-electron chi connectivity index (χ4n) is 0.371. The third-order valence-corrected chi connectivity index (χ3v) is 1.22. The van der Waals surface area contributed by atoms with E-state index in [-0.39, 0.29) is 5.25 Å². The molecule has 0 heterocycles. The summed E-state index contributed by atoms with van der Waals surface area (Å²) in [5, 5.41) is 0.185. The third-order valence-electron chi connectivity index (χ3n) is 0.719. The van der Waals surface area contributed by atoms with Crippen LogP contribution in [0.1, 0.15) is 20.3 Å². The second-order valence-corrected chi connectivity index (χ2v) is 2.38. The Morgan fingerprint density at radius 1 is 1.86 bits per heavy atom. The standard InChI is InChI=1S/C5H10OS/c1-3-4-5(2)7-6/h4-5H,3H2,1-2H3/q+1. The quantitative estimate of drug-likeness (QED) is 0.512. The monoisotopic (exact) mass is 118 g/mol. The van der Waals surface area contributed by atoms with Crippen LogP contribution in [-0.2, 0) is 15.9 Å². The maximum atomic E-state index is 9.91. The van der Waals surface area contributed by atoms with E-state index >= 15 is 0 Å². The van der Waals surface area contributed by atoms with Crippen molar-refractivity contribution in [2.45, 2.75) is 25.5 Å². The van der Waals surface area contributed by atoms with Crippen molar-refractivity contribution in [1.29, 1.82) is 0 Å². The minimum Gasteiger partial charge on any atom is -0.0649 e. The van der Waals surface area contributed by atoms with E-state index in [4.69, 9.17) is 0 Å². The maximum Gasteiger partial charge on any atom is 0.462 e. The lowest BCUT2D eigenvalue weighted by Gasteiger charge is -1.81. The van der Waals surface area contributed by atoms with Crippen molar-refractivity contribution in [3.8, 4) is 0 Å². The van der Waals surface area contributed by atoms with Crippen LogP contribution in [0, 0.1) is 6.42 Å². The Balaban J connectivity index is 2.98. The first kappa shape index (κ1) is 7.02. The molecule has 2 heteroatoms. The zero-order chi connectivity index (χ0) is 5.70. The van der Waals surface area contributed by atoms with Crippen molar-refractivity contribution in [3.05, 3.63) is 6.42 Å². The van der Waals surface area contributed by atoms with Crippen molar-refractivity contribution in [2.24, 2.45) is 0 Å². The van der Waals surface area contributed by atoms with Gasteiger partial charge < -0.3 is 0 Å². The van der Waals surface area contributed by atoms with Gasteiger partial charge in [-0.3, -0.25) is 0 Å². The normalized spacial score (nSPS) is 13.4. The molecule has 0 rings (SSSR count). The third kappa shape index (κ3) is 3.86. The topological polar surface area (TPSA) is 17.1 Å². The zero-order valence-electron chi connectivity index (χ0n) is 4.68. The SMILES string of the molecule is CC[CH]C(C)[S+]=O. The average Bonchev–Trinajstić information content (AvgIpc) is 1.68. The molecule has 1 atom stereocenters. The molecule has 0 aromatic rings. The van der Waals surface area contributed by atoms with Gasteiger partial charge in [-0.15, -0.1) is 0 Å². The summed E-state index contributed by atoms with van der Waals surface area (Å²) >= 11 is 0.644. The van der Waals surface area contributed by atoms with Crippen LogP contribution in [0.4, 0.5) is 0 Å². The first-order chi connectivity index (χ1) is 3.31. The van der Waals surface area contributed by atoms with E-state index in [1.165, 1.54) is 0 Å². The Hall–Kier alpha value is 0.0200. The fourth-order valence-corrected chi connectivity index (χ4v) is 0.642. The molecule has 0 saturated carbocycles. The van der Waals surface area contributed by atoms with Gasteiger partial charge in [-0.2, -0.15) is 0 Å². The molecular formula is C5H10OS+. The minimum absolute atomic E-state index is 0.185. The summed E-state index contributed by atoms with van der Waals surface area (Å²) in [6, 6.07) is 0. The number of hydrogen-bond acceptors (Lipinski definition) is 1. The molecule has 1 unspecified atom stereocenters. The summed E-state index contributed by atoms with van der Waals surface area (Å²) in [6.07, 6.45) is 2.99. The van der Waals surface area contributed by atoms with Crippen LogP contribution in [-0.4, -0.2) is 5.25 Å². The number of hydrogen-bond donors (Lipinski definition) is 0. The number of rotatable bonds is 3. The predicted molar refractivity (Wildman–Crippen MR) is 32.1 cm³/mol. The first-order valence-electron chi connectivity index (χ1n) is 2.43. The molecule has 0 spiro atoms. The van der Waals surface area contributed by atoms with Gasteiger partial charge in [0.05, 0.1) is 0 Å². The Morgan fingerprint density at radius 3 is 2.57 bits per heavy atom. The zero-order valence-corrected chi connectivity index (χ0v) is 5.49. The van der Waals surface area contributed by atoms with Gasteiger partial charge in [0.15, 0.2) is 0 Å². The molecule has 1 nitrogen and oxygen atoms in total. The minimum atomic E-state index is 0.185. The molecule has 0 fully saturated rings. The average molecular weight is 118 g/mol. The molecule has 0 N–H and O–H groups in total. The molecule has 0 amide bonds. The van der Waals surface area contributed by atoms with Crippen LogP contribution in [0.3, 0.4) is 0 Å². The molecule has 41 valence electrons. The van der Waals surface area contributed by atoms with E-state index < -0.39 is 0 Å². The van der Waals surface area contributed by atoms with Crippen molar-refractivity contribution in [1.82, 2.24) is 0 Å². The second kappa shape index (κ2) is 4.19. The van der Waals surface area contributed by atoms with Gasteiger partial charge in [-0.05, 0) is 13.3 Å². The van der Waals surface area contributed by atoms with Gasteiger partial charge in [-0.25, -0.2) is 0 Å². The highest BCUT2D eigenvalue weighted by atomic mass is 32.1. The van der Waals surface area contributed by atoms with E-state index in [1.54, 1.807) is 0 Å². The van der Waals surface area contributed by atoms with Gasteiger partial charge >= 0.3 is 11.7 Å². The van der Waals surface area contributed by atoms with E-state index in [1.807, 2.05) is 20.3 Å².